The summed E-state index contributed by atoms with van der Waals surface area (Å²) in [5.41, 5.74) is 1.94. The first-order valence-corrected chi connectivity index (χ1v) is 6.47. The molecule has 0 spiro atoms. The van der Waals surface area contributed by atoms with E-state index in [1.54, 1.807) is 6.07 Å². The summed E-state index contributed by atoms with van der Waals surface area (Å²) in [7, 11) is 0. The summed E-state index contributed by atoms with van der Waals surface area (Å²) in [6.45, 7) is 0. The van der Waals surface area contributed by atoms with E-state index in [1.165, 1.54) is 6.07 Å². The molecular formula is C16H10BrF. The summed E-state index contributed by atoms with van der Waals surface area (Å²) >= 11 is 3.33. The molecule has 18 heavy (non-hydrogen) atoms. The number of rotatable bonds is 1. The minimum atomic E-state index is -0.229. The van der Waals surface area contributed by atoms with E-state index in [1.807, 2.05) is 30.3 Å². The van der Waals surface area contributed by atoms with Crippen molar-refractivity contribution in [1.29, 1.82) is 0 Å². The summed E-state index contributed by atoms with van der Waals surface area (Å²) < 4.78 is 14.2. The lowest BCUT2D eigenvalue weighted by Gasteiger charge is -2.07. The van der Waals surface area contributed by atoms with E-state index in [9.17, 15) is 4.39 Å². The second-order valence-electron chi connectivity index (χ2n) is 4.18. The van der Waals surface area contributed by atoms with Crippen molar-refractivity contribution in [1.82, 2.24) is 0 Å². The number of hydrogen-bond donors (Lipinski definition) is 0. The average Bonchev–Trinajstić information content (AvgIpc) is 2.37. The van der Waals surface area contributed by atoms with Crippen molar-refractivity contribution in [3.05, 3.63) is 71.0 Å². The highest BCUT2D eigenvalue weighted by atomic mass is 79.9. The molecule has 0 aromatic heterocycles. The van der Waals surface area contributed by atoms with Crippen LogP contribution in [0.4, 0.5) is 4.39 Å². The fraction of sp³-hybridized carbons (Fsp3) is 0. The van der Waals surface area contributed by atoms with Crippen LogP contribution in [0.15, 0.2) is 65.1 Å². The second-order valence-corrected chi connectivity index (χ2v) is 5.10. The van der Waals surface area contributed by atoms with Gasteiger partial charge in [-0.2, -0.15) is 0 Å². The van der Waals surface area contributed by atoms with Crippen molar-refractivity contribution in [2.75, 3.05) is 0 Å². The number of hydrogen-bond acceptors (Lipinski definition) is 0. The molecule has 3 rings (SSSR count). The van der Waals surface area contributed by atoms with Gasteiger partial charge in [-0.1, -0.05) is 58.4 Å². The van der Waals surface area contributed by atoms with Crippen molar-refractivity contribution < 1.29 is 4.39 Å². The Balaban J connectivity index is 2.31. The molecule has 0 saturated carbocycles. The Labute approximate surface area is 113 Å². The van der Waals surface area contributed by atoms with Crippen LogP contribution in [0.5, 0.6) is 0 Å². The highest BCUT2D eigenvalue weighted by Crippen LogP contribution is 2.30. The minimum absolute atomic E-state index is 0.229. The Morgan fingerprint density at radius 1 is 0.833 bits per heavy atom. The van der Waals surface area contributed by atoms with Gasteiger partial charge in [-0.25, -0.2) is 4.39 Å². The van der Waals surface area contributed by atoms with Gasteiger partial charge in [-0.3, -0.25) is 0 Å². The van der Waals surface area contributed by atoms with E-state index in [0.717, 1.165) is 26.4 Å². The lowest BCUT2D eigenvalue weighted by molar-refractivity contribution is 0.627. The maximum Gasteiger partial charge on any atom is 0.124 e. The van der Waals surface area contributed by atoms with Crippen molar-refractivity contribution in [3.63, 3.8) is 0 Å². The van der Waals surface area contributed by atoms with Crippen LogP contribution in [0.1, 0.15) is 0 Å². The zero-order valence-electron chi connectivity index (χ0n) is 9.53. The van der Waals surface area contributed by atoms with Crippen LogP contribution in [0.3, 0.4) is 0 Å². The van der Waals surface area contributed by atoms with Crippen molar-refractivity contribution in [2.45, 2.75) is 0 Å². The van der Waals surface area contributed by atoms with Crippen LogP contribution >= 0.6 is 15.9 Å². The summed E-state index contributed by atoms with van der Waals surface area (Å²) in [5, 5.41) is 2.30. The van der Waals surface area contributed by atoms with E-state index < -0.39 is 0 Å². The first kappa shape index (κ1) is 11.4. The molecule has 0 aliphatic heterocycles. The minimum Gasteiger partial charge on any atom is -0.207 e. The molecule has 3 aromatic rings. The molecule has 0 N–H and O–H groups in total. The normalized spacial score (nSPS) is 10.8. The zero-order valence-corrected chi connectivity index (χ0v) is 11.1. The van der Waals surface area contributed by atoms with Gasteiger partial charge in [0.05, 0.1) is 0 Å². The summed E-state index contributed by atoms with van der Waals surface area (Å²) in [4.78, 5) is 0. The molecule has 88 valence electrons. The molecule has 0 amide bonds. The molecule has 0 atom stereocenters. The summed E-state index contributed by atoms with van der Waals surface area (Å²) in [6, 6.07) is 19.2. The second kappa shape index (κ2) is 4.54. The van der Waals surface area contributed by atoms with Gasteiger partial charge in [0.1, 0.15) is 5.82 Å². The molecule has 0 unspecified atom stereocenters. The molecule has 3 aromatic carbocycles. The lowest BCUT2D eigenvalue weighted by Crippen LogP contribution is -1.83. The van der Waals surface area contributed by atoms with Crippen molar-refractivity contribution in [2.24, 2.45) is 0 Å². The molecule has 0 bridgehead atoms. The predicted octanol–water partition coefficient (Wildman–Crippen LogP) is 5.41. The average molecular weight is 301 g/mol. The third kappa shape index (κ3) is 2.04. The molecule has 0 heterocycles. The lowest BCUT2D eigenvalue weighted by atomic mass is 9.98. The van der Waals surface area contributed by atoms with Crippen LogP contribution in [0, 0.1) is 5.82 Å². The quantitative estimate of drug-likeness (QED) is 0.564. The number of benzene rings is 3. The maximum absolute atomic E-state index is 13.5. The van der Waals surface area contributed by atoms with Crippen LogP contribution in [0.2, 0.25) is 0 Å². The van der Waals surface area contributed by atoms with Gasteiger partial charge in [0, 0.05) is 4.47 Å². The van der Waals surface area contributed by atoms with Crippen LogP contribution in [-0.4, -0.2) is 0 Å². The first-order valence-electron chi connectivity index (χ1n) is 5.68. The Morgan fingerprint density at radius 2 is 1.61 bits per heavy atom. The Hall–Kier alpha value is -1.67. The zero-order chi connectivity index (χ0) is 12.5. The van der Waals surface area contributed by atoms with E-state index in [-0.39, 0.29) is 5.82 Å². The third-order valence-electron chi connectivity index (χ3n) is 2.96. The van der Waals surface area contributed by atoms with E-state index in [4.69, 9.17) is 0 Å². The number of halogens is 2. The molecule has 0 aliphatic carbocycles. The standard InChI is InChI=1S/C16H10BrF/c17-13-8-12(9-14(18)10-13)16-7-3-5-11-4-1-2-6-15(11)16/h1-10H. The van der Waals surface area contributed by atoms with Gasteiger partial charge >= 0.3 is 0 Å². The molecule has 0 nitrogen and oxygen atoms in total. The van der Waals surface area contributed by atoms with Gasteiger partial charge in [-0.05, 0) is 40.1 Å². The van der Waals surface area contributed by atoms with Crippen molar-refractivity contribution in [3.8, 4) is 11.1 Å². The fourth-order valence-electron chi connectivity index (χ4n) is 2.19. The smallest absolute Gasteiger partial charge is 0.124 e. The third-order valence-corrected chi connectivity index (χ3v) is 3.42. The van der Waals surface area contributed by atoms with Crippen molar-refractivity contribution >= 4 is 26.7 Å². The van der Waals surface area contributed by atoms with Crippen LogP contribution in [0.25, 0.3) is 21.9 Å². The fourth-order valence-corrected chi connectivity index (χ4v) is 2.65. The molecule has 2 heteroatoms. The summed E-state index contributed by atoms with van der Waals surface area (Å²) in [5.74, 6) is -0.229. The van der Waals surface area contributed by atoms with Gasteiger partial charge in [0.25, 0.3) is 0 Å². The SMILES string of the molecule is Fc1cc(Br)cc(-c2cccc3ccccc23)c1. The maximum atomic E-state index is 13.5. The Bertz CT molecular complexity index is 694. The van der Waals surface area contributed by atoms with Gasteiger partial charge in [0.15, 0.2) is 0 Å². The molecule has 0 aliphatic rings. The monoisotopic (exact) mass is 300 g/mol. The Morgan fingerprint density at radius 3 is 2.44 bits per heavy atom. The predicted molar refractivity (Wildman–Crippen MR) is 77.0 cm³/mol. The van der Waals surface area contributed by atoms with Gasteiger partial charge in [0.2, 0.25) is 0 Å². The van der Waals surface area contributed by atoms with E-state index in [2.05, 4.69) is 34.1 Å². The molecular weight excluding hydrogens is 291 g/mol. The van der Waals surface area contributed by atoms with Crippen LogP contribution in [-0.2, 0) is 0 Å². The van der Waals surface area contributed by atoms with Crippen LogP contribution < -0.4 is 0 Å². The number of fused-ring (bicyclic) bond motifs is 1. The first-order chi connectivity index (χ1) is 8.74. The van der Waals surface area contributed by atoms with E-state index >= 15 is 0 Å². The Kier molecular flexibility index (Phi) is 2.88. The molecule has 0 saturated heterocycles. The van der Waals surface area contributed by atoms with E-state index in [0.29, 0.717) is 0 Å². The summed E-state index contributed by atoms with van der Waals surface area (Å²) in [6.07, 6.45) is 0. The topological polar surface area (TPSA) is 0 Å². The van der Waals surface area contributed by atoms with Gasteiger partial charge < -0.3 is 0 Å². The van der Waals surface area contributed by atoms with Gasteiger partial charge in [-0.15, -0.1) is 0 Å². The molecule has 0 fully saturated rings. The largest absolute Gasteiger partial charge is 0.207 e. The highest BCUT2D eigenvalue weighted by Gasteiger charge is 2.05. The molecule has 0 radical (unpaired) electrons. The highest BCUT2D eigenvalue weighted by molar-refractivity contribution is 9.10.